The number of benzene rings is 2. The number of nitriles is 2. The normalized spacial score (nSPS) is 11.3. The van der Waals surface area contributed by atoms with E-state index in [0.717, 1.165) is 5.56 Å². The summed E-state index contributed by atoms with van der Waals surface area (Å²) in [5.41, 5.74) is 1.37. The largest absolute Gasteiger partial charge is 0.494 e. The van der Waals surface area contributed by atoms with E-state index in [1.54, 1.807) is 24.3 Å². The van der Waals surface area contributed by atoms with Crippen molar-refractivity contribution in [2.24, 2.45) is 5.92 Å². The first kappa shape index (κ1) is 17.2. The number of hydrogen-bond acceptors (Lipinski definition) is 4. The van der Waals surface area contributed by atoms with Gasteiger partial charge in [0, 0.05) is 17.9 Å². The number of rotatable bonds is 7. The third kappa shape index (κ3) is 4.21. The SMILES string of the molecule is CCOc1ccc(C(=O)C[C@@H](c2ccccc2)C(C#N)C#N)cc1. The predicted octanol–water partition coefficient (Wildman–Crippen LogP) is 4.11. The second-order valence-corrected chi connectivity index (χ2v) is 5.34. The van der Waals surface area contributed by atoms with Crippen LogP contribution in [0.3, 0.4) is 0 Å². The maximum atomic E-state index is 12.6. The monoisotopic (exact) mass is 318 g/mol. The van der Waals surface area contributed by atoms with Gasteiger partial charge in [-0.3, -0.25) is 4.79 Å². The molecule has 0 bridgehead atoms. The molecule has 1 atom stereocenters. The summed E-state index contributed by atoms with van der Waals surface area (Å²) >= 11 is 0. The summed E-state index contributed by atoms with van der Waals surface area (Å²) < 4.78 is 5.37. The third-order valence-corrected chi connectivity index (χ3v) is 3.80. The highest BCUT2D eigenvalue weighted by molar-refractivity contribution is 5.96. The summed E-state index contributed by atoms with van der Waals surface area (Å²) in [6.45, 7) is 2.46. The quantitative estimate of drug-likeness (QED) is 0.720. The molecular formula is C20H18N2O2. The van der Waals surface area contributed by atoms with Gasteiger partial charge in [-0.15, -0.1) is 0 Å². The molecule has 4 nitrogen and oxygen atoms in total. The first-order valence-electron chi connectivity index (χ1n) is 7.79. The van der Waals surface area contributed by atoms with Crippen LogP contribution in [0.2, 0.25) is 0 Å². The molecule has 0 saturated heterocycles. The first-order valence-corrected chi connectivity index (χ1v) is 7.79. The van der Waals surface area contributed by atoms with Crippen LogP contribution < -0.4 is 4.74 Å². The molecule has 0 aliphatic heterocycles. The van der Waals surface area contributed by atoms with Crippen molar-refractivity contribution in [3.63, 3.8) is 0 Å². The fraction of sp³-hybridized carbons (Fsp3) is 0.250. The van der Waals surface area contributed by atoms with E-state index in [-0.39, 0.29) is 12.2 Å². The number of ether oxygens (including phenoxy) is 1. The summed E-state index contributed by atoms with van der Waals surface area (Å²) in [6.07, 6.45) is 0.115. The van der Waals surface area contributed by atoms with Crippen molar-refractivity contribution < 1.29 is 9.53 Å². The van der Waals surface area contributed by atoms with E-state index in [2.05, 4.69) is 0 Å². The van der Waals surface area contributed by atoms with E-state index in [1.165, 1.54) is 0 Å². The molecule has 0 spiro atoms. The van der Waals surface area contributed by atoms with Crippen molar-refractivity contribution in [2.75, 3.05) is 6.61 Å². The topological polar surface area (TPSA) is 73.9 Å². The van der Waals surface area contributed by atoms with Gasteiger partial charge in [-0.2, -0.15) is 10.5 Å². The van der Waals surface area contributed by atoms with Crippen molar-refractivity contribution in [2.45, 2.75) is 19.3 Å². The van der Waals surface area contributed by atoms with Crippen LogP contribution >= 0.6 is 0 Å². The molecule has 0 amide bonds. The molecule has 4 heteroatoms. The van der Waals surface area contributed by atoms with E-state index in [0.29, 0.717) is 17.9 Å². The Hall–Kier alpha value is -3.11. The van der Waals surface area contributed by atoms with Crippen LogP contribution in [0.15, 0.2) is 54.6 Å². The van der Waals surface area contributed by atoms with Crippen molar-refractivity contribution in [3.8, 4) is 17.9 Å². The maximum Gasteiger partial charge on any atom is 0.163 e. The van der Waals surface area contributed by atoms with E-state index >= 15 is 0 Å². The van der Waals surface area contributed by atoms with Gasteiger partial charge in [0.05, 0.1) is 18.7 Å². The molecule has 0 fully saturated rings. The predicted molar refractivity (Wildman–Crippen MR) is 90.5 cm³/mol. The highest BCUT2D eigenvalue weighted by Crippen LogP contribution is 2.29. The average molecular weight is 318 g/mol. The molecule has 2 aromatic carbocycles. The Balaban J connectivity index is 2.21. The fourth-order valence-corrected chi connectivity index (χ4v) is 2.56. The summed E-state index contributed by atoms with van der Waals surface area (Å²) in [4.78, 5) is 12.6. The Kier molecular flexibility index (Phi) is 6.11. The second kappa shape index (κ2) is 8.50. The third-order valence-electron chi connectivity index (χ3n) is 3.80. The van der Waals surface area contributed by atoms with Crippen LogP contribution in [0.25, 0.3) is 0 Å². The van der Waals surface area contributed by atoms with Gasteiger partial charge in [0.15, 0.2) is 5.78 Å². The molecule has 0 N–H and O–H groups in total. The summed E-state index contributed by atoms with van der Waals surface area (Å²) in [6, 6.07) is 20.2. The minimum absolute atomic E-state index is 0.0950. The first-order chi connectivity index (χ1) is 11.7. The molecule has 0 aliphatic carbocycles. The highest BCUT2D eigenvalue weighted by Gasteiger charge is 2.26. The average Bonchev–Trinajstić information content (AvgIpc) is 2.63. The molecule has 0 radical (unpaired) electrons. The lowest BCUT2D eigenvalue weighted by Crippen LogP contribution is -2.15. The van der Waals surface area contributed by atoms with Gasteiger partial charge >= 0.3 is 0 Å². The number of carbonyl (C=O) groups is 1. The Morgan fingerprint density at radius 1 is 1.04 bits per heavy atom. The summed E-state index contributed by atoms with van der Waals surface area (Å²) in [5.74, 6) is -0.692. The van der Waals surface area contributed by atoms with Gasteiger partial charge in [0.25, 0.3) is 0 Å². The molecule has 0 aliphatic rings. The summed E-state index contributed by atoms with van der Waals surface area (Å²) in [5, 5.41) is 18.5. The summed E-state index contributed by atoms with van der Waals surface area (Å²) in [7, 11) is 0. The lowest BCUT2D eigenvalue weighted by Gasteiger charge is -2.17. The molecule has 0 heterocycles. The standard InChI is InChI=1S/C20H18N2O2/c1-2-24-18-10-8-16(9-11-18)20(23)12-19(17(13-21)14-22)15-6-4-3-5-7-15/h3-11,17,19H,2,12H2,1H3/t19-/m0/s1. The maximum absolute atomic E-state index is 12.6. The lowest BCUT2D eigenvalue weighted by atomic mass is 9.83. The van der Waals surface area contributed by atoms with Gasteiger partial charge in [-0.05, 0) is 36.8 Å². The highest BCUT2D eigenvalue weighted by atomic mass is 16.5. The number of hydrogen-bond donors (Lipinski definition) is 0. The van der Waals surface area contributed by atoms with Gasteiger partial charge in [-0.25, -0.2) is 0 Å². The van der Waals surface area contributed by atoms with E-state index in [4.69, 9.17) is 4.74 Å². The second-order valence-electron chi connectivity index (χ2n) is 5.34. The fourth-order valence-electron chi connectivity index (χ4n) is 2.56. The Labute approximate surface area is 141 Å². The molecule has 2 rings (SSSR count). The smallest absolute Gasteiger partial charge is 0.163 e. The van der Waals surface area contributed by atoms with Crippen LogP contribution in [0.4, 0.5) is 0 Å². The molecule has 0 aromatic heterocycles. The molecule has 0 unspecified atom stereocenters. The molecule has 2 aromatic rings. The Morgan fingerprint density at radius 2 is 1.67 bits per heavy atom. The number of carbonyl (C=O) groups excluding carboxylic acids is 1. The van der Waals surface area contributed by atoms with E-state index < -0.39 is 11.8 Å². The number of Topliss-reactive ketones (excluding diaryl/α,β-unsaturated/α-hetero) is 1. The van der Waals surface area contributed by atoms with Crippen LogP contribution in [-0.4, -0.2) is 12.4 Å². The number of ketones is 1. The zero-order valence-electron chi connectivity index (χ0n) is 13.5. The van der Waals surface area contributed by atoms with Gasteiger partial charge in [-0.1, -0.05) is 30.3 Å². The van der Waals surface area contributed by atoms with Gasteiger partial charge < -0.3 is 4.74 Å². The van der Waals surface area contributed by atoms with Crippen LogP contribution in [0.5, 0.6) is 5.75 Å². The van der Waals surface area contributed by atoms with Gasteiger partial charge in [0.1, 0.15) is 11.7 Å². The minimum Gasteiger partial charge on any atom is -0.494 e. The molecule has 120 valence electrons. The lowest BCUT2D eigenvalue weighted by molar-refractivity contribution is 0.0971. The Morgan fingerprint density at radius 3 is 2.21 bits per heavy atom. The minimum atomic E-state index is -0.862. The Bertz CT molecular complexity index is 741. The molecule has 0 saturated carbocycles. The van der Waals surface area contributed by atoms with Crippen molar-refractivity contribution in [3.05, 3.63) is 65.7 Å². The zero-order valence-corrected chi connectivity index (χ0v) is 13.5. The van der Waals surface area contributed by atoms with E-state index in [9.17, 15) is 15.3 Å². The van der Waals surface area contributed by atoms with Gasteiger partial charge in [0.2, 0.25) is 0 Å². The van der Waals surface area contributed by atoms with Crippen molar-refractivity contribution in [1.29, 1.82) is 10.5 Å². The van der Waals surface area contributed by atoms with Crippen LogP contribution in [-0.2, 0) is 0 Å². The number of nitrogens with zero attached hydrogens (tertiary/aromatic N) is 2. The van der Waals surface area contributed by atoms with E-state index in [1.807, 2.05) is 49.4 Å². The zero-order chi connectivity index (χ0) is 17.4. The van der Waals surface area contributed by atoms with Crippen LogP contribution in [0, 0.1) is 28.6 Å². The van der Waals surface area contributed by atoms with Crippen molar-refractivity contribution >= 4 is 5.78 Å². The molecule has 24 heavy (non-hydrogen) atoms. The van der Waals surface area contributed by atoms with Crippen LogP contribution in [0.1, 0.15) is 35.2 Å². The molecular weight excluding hydrogens is 300 g/mol. The van der Waals surface area contributed by atoms with Crippen molar-refractivity contribution in [1.82, 2.24) is 0 Å².